The zero-order chi connectivity index (χ0) is 24.6. The Labute approximate surface area is 216 Å². The third kappa shape index (κ3) is 5.60. The van der Waals surface area contributed by atoms with E-state index in [0.29, 0.717) is 6.61 Å². The lowest BCUT2D eigenvalue weighted by Gasteiger charge is -2.38. The van der Waals surface area contributed by atoms with Gasteiger partial charge in [0.2, 0.25) is 0 Å². The lowest BCUT2D eigenvalue weighted by molar-refractivity contribution is 0.106. The van der Waals surface area contributed by atoms with E-state index in [4.69, 9.17) is 9.47 Å². The number of methoxy groups -OCH3 is 1. The molecule has 4 aromatic carbocycles. The number of hydrogen-bond donors (Lipinski definition) is 0. The van der Waals surface area contributed by atoms with Gasteiger partial charge in [-0.05, 0) is 45.9 Å². The van der Waals surface area contributed by atoms with Gasteiger partial charge in [-0.15, -0.1) is 0 Å². The molecule has 0 amide bonds. The molecular formula is C33H34O2Si. The van der Waals surface area contributed by atoms with Crippen molar-refractivity contribution < 1.29 is 9.47 Å². The van der Waals surface area contributed by atoms with E-state index in [1.165, 1.54) is 32.6 Å². The highest BCUT2D eigenvalue weighted by molar-refractivity contribution is 7.06. The van der Waals surface area contributed by atoms with Gasteiger partial charge in [0.05, 0.1) is 19.3 Å². The summed E-state index contributed by atoms with van der Waals surface area (Å²) in [5.74, 6) is 0. The van der Waals surface area contributed by atoms with Gasteiger partial charge in [0.1, 0.15) is 8.07 Å². The van der Waals surface area contributed by atoms with Gasteiger partial charge < -0.3 is 9.47 Å². The van der Waals surface area contributed by atoms with Crippen molar-refractivity contribution in [2.45, 2.75) is 31.6 Å². The molecule has 0 aromatic heterocycles. The second kappa shape index (κ2) is 11.7. The Hall–Kier alpha value is -3.24. The van der Waals surface area contributed by atoms with Crippen molar-refractivity contribution in [1.82, 2.24) is 0 Å². The largest absolute Gasteiger partial charge is 0.381 e. The molecule has 0 aliphatic carbocycles. The molecule has 5 rings (SSSR count). The third-order valence-corrected chi connectivity index (χ3v) is 12.0. The molecule has 4 aromatic rings. The minimum Gasteiger partial charge on any atom is -0.381 e. The van der Waals surface area contributed by atoms with Crippen LogP contribution in [-0.2, 0) is 16.1 Å². The maximum absolute atomic E-state index is 6.15. The first-order valence-electron chi connectivity index (χ1n) is 12.8. The van der Waals surface area contributed by atoms with Gasteiger partial charge in [-0.3, -0.25) is 0 Å². The molecule has 36 heavy (non-hydrogen) atoms. The van der Waals surface area contributed by atoms with Crippen LogP contribution in [0.3, 0.4) is 0 Å². The zero-order valence-corrected chi connectivity index (χ0v) is 22.0. The van der Waals surface area contributed by atoms with Gasteiger partial charge in [-0.2, -0.15) is 0 Å². The van der Waals surface area contributed by atoms with Gasteiger partial charge >= 0.3 is 0 Å². The van der Waals surface area contributed by atoms with Crippen molar-refractivity contribution in [3.8, 4) is 11.1 Å². The Morgan fingerprint density at radius 3 is 1.83 bits per heavy atom. The Balaban J connectivity index is 1.29. The van der Waals surface area contributed by atoms with Gasteiger partial charge in [-0.25, -0.2) is 0 Å². The van der Waals surface area contributed by atoms with Crippen LogP contribution in [0.2, 0.25) is 6.04 Å². The average molecular weight is 491 g/mol. The summed E-state index contributed by atoms with van der Waals surface area (Å²) in [6.45, 7) is 1.35. The first kappa shape index (κ1) is 24.5. The summed E-state index contributed by atoms with van der Waals surface area (Å²) in [7, 11) is -0.228. The van der Waals surface area contributed by atoms with E-state index in [1.54, 1.807) is 0 Å². The maximum atomic E-state index is 6.15. The van der Waals surface area contributed by atoms with Crippen molar-refractivity contribution in [1.29, 1.82) is 0 Å². The molecule has 1 aliphatic rings. The van der Waals surface area contributed by atoms with E-state index in [0.717, 1.165) is 25.5 Å². The number of ether oxygens (including phenoxy) is 2. The van der Waals surface area contributed by atoms with E-state index >= 15 is 0 Å². The van der Waals surface area contributed by atoms with Crippen LogP contribution in [0.25, 0.3) is 11.1 Å². The molecule has 182 valence electrons. The SMILES string of the molecule is COC1CC(CCOCc2ccc(-c3ccccc3)cc2)=C[Si](c2ccccc2)(c2ccccc2)C1. The predicted molar refractivity (Wildman–Crippen MR) is 152 cm³/mol. The molecule has 0 spiro atoms. The van der Waals surface area contributed by atoms with Crippen LogP contribution in [0.15, 0.2) is 127 Å². The molecule has 1 heterocycles. The second-order valence-electron chi connectivity index (χ2n) is 9.64. The summed E-state index contributed by atoms with van der Waals surface area (Å²) in [6, 6.07) is 42.4. The molecule has 1 atom stereocenters. The fourth-order valence-corrected chi connectivity index (χ4v) is 10.2. The Morgan fingerprint density at radius 2 is 1.25 bits per heavy atom. The minimum atomic E-state index is -2.09. The Kier molecular flexibility index (Phi) is 7.92. The van der Waals surface area contributed by atoms with Crippen LogP contribution in [-0.4, -0.2) is 27.9 Å². The molecule has 0 fully saturated rings. The first-order chi connectivity index (χ1) is 17.8. The molecular weight excluding hydrogens is 456 g/mol. The maximum Gasteiger partial charge on any atom is 0.143 e. The quantitative estimate of drug-likeness (QED) is 0.199. The van der Waals surface area contributed by atoms with Gasteiger partial charge in [0, 0.05) is 7.11 Å². The van der Waals surface area contributed by atoms with Crippen molar-refractivity contribution >= 4 is 18.4 Å². The molecule has 1 aliphatic heterocycles. The van der Waals surface area contributed by atoms with Crippen molar-refractivity contribution in [2.24, 2.45) is 0 Å². The van der Waals surface area contributed by atoms with E-state index < -0.39 is 8.07 Å². The Morgan fingerprint density at radius 1 is 0.694 bits per heavy atom. The fraction of sp³-hybridized carbons (Fsp3) is 0.212. The average Bonchev–Trinajstić information content (AvgIpc) is 2.97. The predicted octanol–water partition coefficient (Wildman–Crippen LogP) is 6.41. The van der Waals surface area contributed by atoms with Gasteiger partial charge in [-0.1, -0.05) is 127 Å². The number of hydrogen-bond acceptors (Lipinski definition) is 2. The smallest absolute Gasteiger partial charge is 0.143 e. The Bertz CT molecular complexity index is 1210. The zero-order valence-electron chi connectivity index (χ0n) is 21.0. The van der Waals surface area contributed by atoms with E-state index in [9.17, 15) is 0 Å². The summed E-state index contributed by atoms with van der Waals surface area (Å²) in [5.41, 5.74) is 7.78. The lowest BCUT2D eigenvalue weighted by atomic mass is 10.0. The summed E-state index contributed by atoms with van der Waals surface area (Å²) >= 11 is 0. The normalized spacial score (nSPS) is 16.9. The van der Waals surface area contributed by atoms with Gasteiger partial charge in [0.25, 0.3) is 0 Å². The molecule has 0 bridgehead atoms. The summed E-state index contributed by atoms with van der Waals surface area (Å²) in [6.07, 6.45) is 2.17. The minimum absolute atomic E-state index is 0.239. The summed E-state index contributed by atoms with van der Waals surface area (Å²) in [4.78, 5) is 0. The fourth-order valence-electron chi connectivity index (χ4n) is 5.39. The second-order valence-corrected chi connectivity index (χ2v) is 13.4. The van der Waals surface area contributed by atoms with Crippen LogP contribution in [0.4, 0.5) is 0 Å². The van der Waals surface area contributed by atoms with Crippen LogP contribution in [0.1, 0.15) is 18.4 Å². The molecule has 0 radical (unpaired) electrons. The molecule has 1 unspecified atom stereocenters. The van der Waals surface area contributed by atoms with Crippen molar-refractivity contribution in [3.63, 3.8) is 0 Å². The molecule has 2 nitrogen and oxygen atoms in total. The summed E-state index contributed by atoms with van der Waals surface area (Å²) in [5, 5.41) is 2.91. The van der Waals surface area contributed by atoms with Crippen molar-refractivity contribution in [2.75, 3.05) is 13.7 Å². The molecule has 0 saturated carbocycles. The van der Waals surface area contributed by atoms with Crippen LogP contribution in [0, 0.1) is 0 Å². The van der Waals surface area contributed by atoms with E-state index in [2.05, 4.69) is 121 Å². The number of benzene rings is 4. The summed E-state index contributed by atoms with van der Waals surface area (Å²) < 4.78 is 12.1. The van der Waals surface area contributed by atoms with E-state index in [1.807, 2.05) is 7.11 Å². The van der Waals surface area contributed by atoms with Crippen LogP contribution < -0.4 is 10.4 Å². The van der Waals surface area contributed by atoms with Crippen LogP contribution >= 0.6 is 0 Å². The first-order valence-corrected chi connectivity index (χ1v) is 15.1. The molecule has 0 N–H and O–H groups in total. The van der Waals surface area contributed by atoms with Crippen LogP contribution in [0.5, 0.6) is 0 Å². The van der Waals surface area contributed by atoms with Crippen molar-refractivity contribution in [3.05, 3.63) is 132 Å². The molecule has 0 saturated heterocycles. The monoisotopic (exact) mass is 490 g/mol. The topological polar surface area (TPSA) is 18.5 Å². The third-order valence-electron chi connectivity index (χ3n) is 7.30. The highest BCUT2D eigenvalue weighted by Gasteiger charge is 2.41. The highest BCUT2D eigenvalue weighted by Crippen LogP contribution is 2.30. The number of rotatable bonds is 9. The lowest BCUT2D eigenvalue weighted by Crippen LogP contribution is -2.60. The standard InChI is InChI=1S/C33H34O2Si/c1-34-31-23-28(21-22-35-24-27-17-19-30(20-18-27)29-11-5-2-6-12-29)25-36(26-31,32-13-7-3-8-14-32)33-15-9-4-10-16-33/h2-20,25,31H,21-24,26H2,1H3. The van der Waals surface area contributed by atoms with E-state index in [-0.39, 0.29) is 6.10 Å². The molecule has 3 heteroatoms. The highest BCUT2D eigenvalue weighted by atomic mass is 28.3. The van der Waals surface area contributed by atoms with Gasteiger partial charge in [0.15, 0.2) is 0 Å².